The molecule has 1 aromatic heterocycles. The Morgan fingerprint density at radius 2 is 1.82 bits per heavy atom. The van der Waals surface area contributed by atoms with E-state index in [9.17, 15) is 14.4 Å². The van der Waals surface area contributed by atoms with Crippen molar-refractivity contribution in [2.45, 2.75) is 76.3 Å². The summed E-state index contributed by atoms with van der Waals surface area (Å²) < 4.78 is 5.76. The lowest BCUT2D eigenvalue weighted by Crippen LogP contribution is -2.39. The first-order valence-electron chi connectivity index (χ1n) is 12.4. The second-order valence-corrected chi connectivity index (χ2v) is 9.40. The molecule has 7 heteroatoms. The highest BCUT2D eigenvalue weighted by molar-refractivity contribution is 6.06. The van der Waals surface area contributed by atoms with E-state index >= 15 is 0 Å². The van der Waals surface area contributed by atoms with Gasteiger partial charge in [0.25, 0.3) is 0 Å². The van der Waals surface area contributed by atoms with Gasteiger partial charge in [-0.2, -0.15) is 0 Å². The van der Waals surface area contributed by atoms with Crippen molar-refractivity contribution in [3.05, 3.63) is 59.7 Å². The van der Waals surface area contributed by atoms with E-state index in [4.69, 9.17) is 4.42 Å². The number of rotatable bonds is 5. The fourth-order valence-corrected chi connectivity index (χ4v) is 5.41. The van der Waals surface area contributed by atoms with E-state index in [1.807, 2.05) is 24.3 Å². The number of amides is 2. The number of fused-ring (bicyclic) bond motifs is 1. The Balaban J connectivity index is 1.45. The van der Waals surface area contributed by atoms with Crippen LogP contribution in [0.15, 0.2) is 58.3 Å². The van der Waals surface area contributed by atoms with Gasteiger partial charge in [-0.25, -0.2) is 0 Å². The normalized spacial score (nSPS) is 20.8. The van der Waals surface area contributed by atoms with E-state index in [1.165, 1.54) is 6.42 Å². The molecule has 3 aliphatic rings. The Labute approximate surface area is 199 Å². The van der Waals surface area contributed by atoms with Gasteiger partial charge in [0.2, 0.25) is 11.8 Å². The Hall–Kier alpha value is -3.35. The average Bonchev–Trinajstić information content (AvgIpc) is 3.33. The maximum absolute atomic E-state index is 13.7. The lowest BCUT2D eigenvalue weighted by Gasteiger charge is -2.32. The number of allylic oxidation sites excluding steroid dienone is 1. The molecule has 1 aromatic carbocycles. The van der Waals surface area contributed by atoms with Crippen molar-refractivity contribution < 1.29 is 18.8 Å². The van der Waals surface area contributed by atoms with Gasteiger partial charge < -0.3 is 15.1 Å². The molecule has 2 amide bonds. The van der Waals surface area contributed by atoms with Crippen molar-refractivity contribution in [3.8, 4) is 0 Å². The Morgan fingerprint density at radius 3 is 2.62 bits per heavy atom. The number of carbonyl (C=O) groups is 3. The van der Waals surface area contributed by atoms with Crippen LogP contribution in [0.25, 0.3) is 0 Å². The molecule has 1 fully saturated rings. The van der Waals surface area contributed by atoms with E-state index in [1.54, 1.807) is 23.3 Å². The van der Waals surface area contributed by atoms with Crippen LogP contribution in [-0.2, 0) is 14.4 Å². The molecule has 2 aromatic rings. The van der Waals surface area contributed by atoms with Gasteiger partial charge in [-0.05, 0) is 49.9 Å². The number of nitrogens with one attached hydrogen (secondary N) is 2. The summed E-state index contributed by atoms with van der Waals surface area (Å²) in [6.45, 7) is 0. The molecule has 34 heavy (non-hydrogen) atoms. The zero-order valence-corrected chi connectivity index (χ0v) is 19.3. The third-order valence-electron chi connectivity index (χ3n) is 7.05. The molecule has 7 nitrogen and oxygen atoms in total. The number of hydrogen-bond acceptors (Lipinski definition) is 5. The van der Waals surface area contributed by atoms with E-state index in [2.05, 4.69) is 10.6 Å². The van der Waals surface area contributed by atoms with Gasteiger partial charge in [0, 0.05) is 36.6 Å². The fraction of sp³-hybridized carbons (Fsp3) is 0.444. The van der Waals surface area contributed by atoms with Crippen LogP contribution in [0.5, 0.6) is 0 Å². The number of nitrogens with zero attached hydrogens (tertiary/aromatic N) is 1. The van der Waals surface area contributed by atoms with Crippen molar-refractivity contribution in [3.63, 3.8) is 0 Å². The topological polar surface area (TPSA) is 91.7 Å². The van der Waals surface area contributed by atoms with Crippen molar-refractivity contribution in [1.82, 2.24) is 5.32 Å². The van der Waals surface area contributed by atoms with Gasteiger partial charge in [0.05, 0.1) is 17.6 Å². The molecule has 1 saturated carbocycles. The summed E-state index contributed by atoms with van der Waals surface area (Å²) in [4.78, 5) is 41.2. The standard InChI is InChI=1S/C27H31N3O4/c31-22-13-6-11-20-26(22)27(23-14-7-17-34-23)30(21-12-5-4-10-19(21)29-20)25(33)16-15-24(32)28-18-8-2-1-3-9-18/h4-5,7,10,12,14,17-18,27,29H,1-3,6,8-9,11,13,15-16H2,(H,28,32)/t27-/m0/s1. The monoisotopic (exact) mass is 461 g/mol. The molecular formula is C27H31N3O4. The molecule has 0 bridgehead atoms. The van der Waals surface area contributed by atoms with Gasteiger partial charge in [0.15, 0.2) is 5.78 Å². The van der Waals surface area contributed by atoms with Gasteiger partial charge in [-0.1, -0.05) is 31.4 Å². The van der Waals surface area contributed by atoms with E-state index in [0.717, 1.165) is 49.9 Å². The highest BCUT2D eigenvalue weighted by Crippen LogP contribution is 2.45. The van der Waals surface area contributed by atoms with Crippen LogP contribution in [-0.4, -0.2) is 23.6 Å². The number of Topliss-reactive ketones (excluding diaryl/α,β-unsaturated/α-hetero) is 1. The molecule has 0 unspecified atom stereocenters. The highest BCUT2D eigenvalue weighted by atomic mass is 16.3. The summed E-state index contributed by atoms with van der Waals surface area (Å²) in [5.41, 5.74) is 2.88. The summed E-state index contributed by atoms with van der Waals surface area (Å²) in [6, 6.07) is 10.7. The first kappa shape index (κ1) is 22.4. The number of hydrogen-bond donors (Lipinski definition) is 2. The number of benzene rings is 1. The van der Waals surface area contributed by atoms with Gasteiger partial charge >= 0.3 is 0 Å². The number of anilines is 2. The molecule has 2 aliphatic carbocycles. The molecule has 2 heterocycles. The molecule has 0 radical (unpaired) electrons. The number of furan rings is 1. The highest BCUT2D eigenvalue weighted by Gasteiger charge is 2.40. The first-order valence-corrected chi connectivity index (χ1v) is 12.4. The van der Waals surface area contributed by atoms with Gasteiger partial charge in [0.1, 0.15) is 11.8 Å². The molecule has 5 rings (SSSR count). The summed E-state index contributed by atoms with van der Waals surface area (Å²) in [6.07, 6.45) is 9.19. The SMILES string of the molecule is O=C(CCC(=O)N1c2ccccc2NC2=C(C(=O)CCC2)[C@@H]1c1ccco1)NC1CCCCC1. The van der Waals surface area contributed by atoms with Crippen molar-refractivity contribution in [2.24, 2.45) is 0 Å². The van der Waals surface area contributed by atoms with Crippen LogP contribution in [0.2, 0.25) is 0 Å². The fourth-order valence-electron chi connectivity index (χ4n) is 5.41. The van der Waals surface area contributed by atoms with Crippen LogP contribution in [0.1, 0.15) is 76.0 Å². The van der Waals surface area contributed by atoms with Crippen LogP contribution in [0.3, 0.4) is 0 Å². The Bertz CT molecular complexity index is 1100. The smallest absolute Gasteiger partial charge is 0.228 e. The summed E-state index contributed by atoms with van der Waals surface area (Å²) in [5, 5.41) is 6.53. The predicted molar refractivity (Wildman–Crippen MR) is 129 cm³/mol. The third-order valence-corrected chi connectivity index (χ3v) is 7.05. The van der Waals surface area contributed by atoms with Crippen LogP contribution < -0.4 is 15.5 Å². The first-order chi connectivity index (χ1) is 16.6. The predicted octanol–water partition coefficient (Wildman–Crippen LogP) is 5.02. The average molecular weight is 462 g/mol. The van der Waals surface area contributed by atoms with Gasteiger partial charge in [-0.15, -0.1) is 0 Å². The largest absolute Gasteiger partial charge is 0.467 e. The molecule has 2 N–H and O–H groups in total. The molecule has 178 valence electrons. The minimum absolute atomic E-state index is 0.0239. The summed E-state index contributed by atoms with van der Waals surface area (Å²) in [7, 11) is 0. The second-order valence-electron chi connectivity index (χ2n) is 9.40. The number of ketones is 1. The quantitative estimate of drug-likeness (QED) is 0.653. The zero-order valence-electron chi connectivity index (χ0n) is 19.3. The van der Waals surface area contributed by atoms with Crippen molar-refractivity contribution >= 4 is 29.0 Å². The molecule has 1 atom stereocenters. The molecular weight excluding hydrogens is 430 g/mol. The van der Waals surface area contributed by atoms with Crippen LogP contribution in [0, 0.1) is 0 Å². The van der Waals surface area contributed by atoms with E-state index < -0.39 is 6.04 Å². The van der Waals surface area contributed by atoms with Crippen LogP contribution >= 0.6 is 0 Å². The Morgan fingerprint density at radius 1 is 1.00 bits per heavy atom. The minimum Gasteiger partial charge on any atom is -0.467 e. The molecule has 1 aliphatic heterocycles. The van der Waals surface area contributed by atoms with Gasteiger partial charge in [-0.3, -0.25) is 19.3 Å². The maximum Gasteiger partial charge on any atom is 0.228 e. The van der Waals surface area contributed by atoms with Crippen molar-refractivity contribution in [2.75, 3.05) is 10.2 Å². The molecule has 0 saturated heterocycles. The Kier molecular flexibility index (Phi) is 6.52. The lowest BCUT2D eigenvalue weighted by molar-refractivity contribution is -0.126. The summed E-state index contributed by atoms with van der Waals surface area (Å²) >= 11 is 0. The summed E-state index contributed by atoms with van der Waals surface area (Å²) in [5.74, 6) is 0.267. The van der Waals surface area contributed by atoms with E-state index in [-0.39, 0.29) is 36.5 Å². The van der Waals surface area contributed by atoms with Crippen LogP contribution in [0.4, 0.5) is 11.4 Å². The minimum atomic E-state index is -0.664. The van der Waals surface area contributed by atoms with Crippen molar-refractivity contribution in [1.29, 1.82) is 0 Å². The second kappa shape index (κ2) is 9.87. The number of para-hydroxylation sites is 2. The maximum atomic E-state index is 13.7. The van der Waals surface area contributed by atoms with E-state index in [0.29, 0.717) is 23.4 Å². The lowest BCUT2D eigenvalue weighted by atomic mass is 9.88. The molecule has 0 spiro atoms. The third kappa shape index (κ3) is 4.52. The zero-order chi connectivity index (χ0) is 23.5. The number of carbonyl (C=O) groups excluding carboxylic acids is 3.